The molecule has 0 saturated heterocycles. The molecule has 19 heavy (non-hydrogen) atoms. The molecular formula is C11H11F3N2O2S. The minimum absolute atomic E-state index is 0.120. The molecular weight excluding hydrogens is 281 g/mol. The van der Waals surface area contributed by atoms with Gasteiger partial charge in [-0.1, -0.05) is 11.8 Å². The average Bonchev–Trinajstić information content (AvgIpc) is 2.78. The number of urea groups is 1. The second-order valence-electron chi connectivity index (χ2n) is 3.38. The van der Waals surface area contributed by atoms with Crippen LogP contribution in [0, 0.1) is 11.8 Å². The minimum atomic E-state index is -4.42. The summed E-state index contributed by atoms with van der Waals surface area (Å²) < 4.78 is 35.5. The highest BCUT2D eigenvalue weighted by molar-refractivity contribution is 7.12. The van der Waals surface area contributed by atoms with E-state index in [-0.39, 0.29) is 13.2 Å². The van der Waals surface area contributed by atoms with Crippen LogP contribution in [0.1, 0.15) is 9.75 Å². The molecule has 0 spiro atoms. The molecule has 1 heterocycles. The van der Waals surface area contributed by atoms with Gasteiger partial charge in [-0.25, -0.2) is 4.79 Å². The molecule has 3 N–H and O–H groups in total. The molecule has 4 nitrogen and oxygen atoms in total. The van der Waals surface area contributed by atoms with Gasteiger partial charge in [0.15, 0.2) is 0 Å². The fourth-order valence-electron chi connectivity index (χ4n) is 1.08. The monoisotopic (exact) mass is 292 g/mol. The highest BCUT2D eigenvalue weighted by Crippen LogP contribution is 2.15. The van der Waals surface area contributed by atoms with E-state index < -0.39 is 18.8 Å². The molecule has 0 aliphatic heterocycles. The fourth-order valence-corrected chi connectivity index (χ4v) is 1.90. The zero-order valence-corrected chi connectivity index (χ0v) is 10.5. The summed E-state index contributed by atoms with van der Waals surface area (Å²) in [5, 5.41) is 12.5. The quantitative estimate of drug-likeness (QED) is 0.739. The molecule has 0 atom stereocenters. The summed E-state index contributed by atoms with van der Waals surface area (Å²) in [5.74, 6) is 5.16. The number of hydrogen-bond acceptors (Lipinski definition) is 3. The van der Waals surface area contributed by atoms with Crippen LogP contribution in [0.2, 0.25) is 0 Å². The molecule has 0 aromatic carbocycles. The van der Waals surface area contributed by atoms with Crippen LogP contribution < -0.4 is 10.6 Å². The molecule has 0 saturated carbocycles. The van der Waals surface area contributed by atoms with E-state index in [4.69, 9.17) is 5.11 Å². The van der Waals surface area contributed by atoms with Gasteiger partial charge in [0.25, 0.3) is 0 Å². The van der Waals surface area contributed by atoms with Gasteiger partial charge < -0.3 is 15.7 Å². The number of aliphatic hydroxyl groups is 1. The molecule has 0 aliphatic rings. The van der Waals surface area contributed by atoms with Crippen molar-refractivity contribution in [3.8, 4) is 11.8 Å². The molecule has 8 heteroatoms. The number of halogens is 3. The van der Waals surface area contributed by atoms with Crippen molar-refractivity contribution in [3.05, 3.63) is 21.9 Å². The van der Waals surface area contributed by atoms with E-state index in [1.807, 2.05) is 0 Å². The van der Waals surface area contributed by atoms with Crippen molar-refractivity contribution in [1.29, 1.82) is 0 Å². The molecule has 2 amide bonds. The summed E-state index contributed by atoms with van der Waals surface area (Å²) in [4.78, 5) is 12.5. The summed E-state index contributed by atoms with van der Waals surface area (Å²) in [6.07, 6.45) is -4.42. The Hall–Kier alpha value is -1.72. The first-order chi connectivity index (χ1) is 8.90. The van der Waals surface area contributed by atoms with Gasteiger partial charge in [-0.05, 0) is 12.1 Å². The van der Waals surface area contributed by atoms with Crippen LogP contribution in [0.3, 0.4) is 0 Å². The van der Waals surface area contributed by atoms with Crippen molar-refractivity contribution in [2.24, 2.45) is 0 Å². The normalized spacial score (nSPS) is 10.5. The largest absolute Gasteiger partial charge is 0.405 e. The number of carbonyl (C=O) groups is 1. The van der Waals surface area contributed by atoms with Crippen molar-refractivity contribution >= 4 is 17.4 Å². The minimum Gasteiger partial charge on any atom is -0.384 e. The van der Waals surface area contributed by atoms with Crippen LogP contribution in [-0.2, 0) is 6.54 Å². The van der Waals surface area contributed by atoms with Crippen LogP contribution >= 0.6 is 11.3 Å². The standard InChI is InChI=1S/C11H11F3N2O2S/c12-11(13,14)7-16-10(18)15-6-9-4-3-8(19-9)2-1-5-17/h3-4,17H,5-7H2,(H2,15,16,18). The first kappa shape index (κ1) is 15.3. The Kier molecular flexibility index (Phi) is 5.66. The number of hydrogen-bond donors (Lipinski definition) is 3. The summed E-state index contributed by atoms with van der Waals surface area (Å²) >= 11 is 1.29. The van der Waals surface area contributed by atoms with Crippen LogP contribution in [0.5, 0.6) is 0 Å². The van der Waals surface area contributed by atoms with Gasteiger partial charge in [0.05, 0.1) is 11.4 Å². The van der Waals surface area contributed by atoms with Gasteiger partial charge in [-0.3, -0.25) is 0 Å². The highest BCUT2D eigenvalue weighted by atomic mass is 32.1. The van der Waals surface area contributed by atoms with E-state index >= 15 is 0 Å². The smallest absolute Gasteiger partial charge is 0.384 e. The second-order valence-corrected chi connectivity index (χ2v) is 4.55. The Morgan fingerprint density at radius 3 is 2.74 bits per heavy atom. The van der Waals surface area contributed by atoms with Gasteiger partial charge in [-0.2, -0.15) is 13.2 Å². The lowest BCUT2D eigenvalue weighted by molar-refractivity contribution is -0.122. The lowest BCUT2D eigenvalue weighted by Crippen LogP contribution is -2.40. The lowest BCUT2D eigenvalue weighted by Gasteiger charge is -2.08. The highest BCUT2D eigenvalue weighted by Gasteiger charge is 2.27. The predicted molar refractivity (Wildman–Crippen MR) is 64.6 cm³/mol. The third kappa shape index (κ3) is 6.69. The number of thiophene rings is 1. The molecule has 0 fully saturated rings. The van der Waals surface area contributed by atoms with E-state index in [0.717, 1.165) is 4.88 Å². The van der Waals surface area contributed by atoms with E-state index in [2.05, 4.69) is 17.2 Å². The van der Waals surface area contributed by atoms with Gasteiger partial charge in [-0.15, -0.1) is 11.3 Å². The Balaban J connectivity index is 2.36. The Morgan fingerprint density at radius 2 is 2.11 bits per heavy atom. The van der Waals surface area contributed by atoms with Crippen LogP contribution in [0.15, 0.2) is 12.1 Å². The van der Waals surface area contributed by atoms with Gasteiger partial charge >= 0.3 is 12.2 Å². The third-order valence-electron chi connectivity index (χ3n) is 1.82. The molecule has 0 aliphatic carbocycles. The molecule has 0 radical (unpaired) electrons. The maximum atomic E-state index is 11.8. The van der Waals surface area contributed by atoms with Crippen molar-refractivity contribution in [2.45, 2.75) is 12.7 Å². The molecule has 0 unspecified atom stereocenters. The predicted octanol–water partition coefficient (Wildman–Crippen LogP) is 1.45. The Labute approximate surface area is 111 Å². The number of carbonyl (C=O) groups excluding carboxylic acids is 1. The van der Waals surface area contributed by atoms with Gasteiger partial charge in [0.2, 0.25) is 0 Å². The van der Waals surface area contributed by atoms with Crippen LogP contribution in [0.25, 0.3) is 0 Å². The topological polar surface area (TPSA) is 61.4 Å². The summed E-state index contributed by atoms with van der Waals surface area (Å²) in [6.45, 7) is -1.49. The van der Waals surface area contributed by atoms with E-state index in [9.17, 15) is 18.0 Å². The number of rotatable bonds is 3. The number of alkyl halides is 3. The SMILES string of the molecule is O=C(NCc1ccc(C#CCO)s1)NCC(F)(F)F. The lowest BCUT2D eigenvalue weighted by atomic mass is 10.4. The van der Waals surface area contributed by atoms with Gasteiger partial charge in [0, 0.05) is 4.88 Å². The fraction of sp³-hybridized carbons (Fsp3) is 0.364. The van der Waals surface area contributed by atoms with Crippen molar-refractivity contribution in [3.63, 3.8) is 0 Å². The average molecular weight is 292 g/mol. The van der Waals surface area contributed by atoms with Crippen LogP contribution in [0.4, 0.5) is 18.0 Å². The van der Waals surface area contributed by atoms with Crippen molar-refractivity contribution < 1.29 is 23.1 Å². The van der Waals surface area contributed by atoms with E-state index in [1.165, 1.54) is 11.3 Å². The van der Waals surface area contributed by atoms with Crippen LogP contribution in [-0.4, -0.2) is 30.5 Å². The zero-order chi connectivity index (χ0) is 14.3. The molecule has 0 bridgehead atoms. The zero-order valence-electron chi connectivity index (χ0n) is 9.67. The maximum absolute atomic E-state index is 11.8. The second kappa shape index (κ2) is 7.01. The van der Waals surface area contributed by atoms with Crippen molar-refractivity contribution in [1.82, 2.24) is 10.6 Å². The first-order valence-electron chi connectivity index (χ1n) is 5.17. The van der Waals surface area contributed by atoms with Crippen molar-refractivity contribution in [2.75, 3.05) is 13.2 Å². The maximum Gasteiger partial charge on any atom is 0.405 e. The Bertz CT molecular complexity index is 488. The Morgan fingerprint density at radius 1 is 1.37 bits per heavy atom. The van der Waals surface area contributed by atoms with E-state index in [0.29, 0.717) is 4.88 Å². The first-order valence-corrected chi connectivity index (χ1v) is 5.99. The number of aliphatic hydroxyl groups excluding tert-OH is 1. The summed E-state index contributed by atoms with van der Waals surface area (Å²) in [7, 11) is 0. The van der Waals surface area contributed by atoms with E-state index in [1.54, 1.807) is 17.4 Å². The van der Waals surface area contributed by atoms with Gasteiger partial charge in [0.1, 0.15) is 13.2 Å². The molecule has 1 aromatic heterocycles. The molecule has 1 rings (SSSR count). The number of nitrogens with one attached hydrogen (secondary N) is 2. The molecule has 104 valence electrons. The molecule has 1 aromatic rings. The summed E-state index contributed by atoms with van der Waals surface area (Å²) in [5.41, 5.74) is 0. The number of amides is 2. The third-order valence-corrected chi connectivity index (χ3v) is 2.83. The summed E-state index contributed by atoms with van der Waals surface area (Å²) in [6, 6.07) is 2.53.